The number of nitrogens with one attached hydrogen (secondary N) is 1. The van der Waals surface area contributed by atoms with E-state index < -0.39 is 5.82 Å². The molecule has 37 heavy (non-hydrogen) atoms. The highest BCUT2D eigenvalue weighted by Crippen LogP contribution is 2.24. The fourth-order valence-corrected chi connectivity index (χ4v) is 4.58. The molecule has 188 valence electrons. The van der Waals surface area contributed by atoms with Crippen LogP contribution in [0.4, 0.5) is 15.8 Å². The molecular formula is C27H24FN5O3S. The number of thioether (sulfide) groups is 1. The molecule has 1 N–H and O–H groups in total. The minimum Gasteiger partial charge on any atom is -0.411 e. The van der Waals surface area contributed by atoms with E-state index in [1.54, 1.807) is 17.0 Å². The third-order valence-electron chi connectivity index (χ3n) is 5.94. The van der Waals surface area contributed by atoms with Crippen LogP contribution in [-0.2, 0) is 4.79 Å². The number of aromatic nitrogens is 2. The number of carbonyl (C=O) groups is 2. The second kappa shape index (κ2) is 11.3. The zero-order valence-corrected chi connectivity index (χ0v) is 20.7. The van der Waals surface area contributed by atoms with Crippen LogP contribution in [0.1, 0.15) is 10.4 Å². The summed E-state index contributed by atoms with van der Waals surface area (Å²) in [5.41, 5.74) is 2.59. The fraction of sp³-hybridized carbons (Fsp3) is 0.185. The molecule has 1 fully saturated rings. The number of amides is 2. The number of nitrogens with zero attached hydrogens (tertiary/aromatic N) is 4. The molecule has 4 aromatic rings. The SMILES string of the molecule is O=C(CSc1nnc(-c2ccccc2)o1)Nc1ccc(N2CCN(C(=O)c3ccccc3F)CC2)cc1. The number of hydrogen-bond acceptors (Lipinski definition) is 7. The first kappa shape index (κ1) is 24.5. The fourth-order valence-electron chi connectivity index (χ4n) is 4.02. The van der Waals surface area contributed by atoms with Gasteiger partial charge in [0.25, 0.3) is 11.1 Å². The normalized spacial score (nSPS) is 13.4. The van der Waals surface area contributed by atoms with Crippen molar-refractivity contribution in [2.75, 3.05) is 42.1 Å². The highest BCUT2D eigenvalue weighted by Gasteiger charge is 2.24. The maximum atomic E-state index is 14.0. The first-order chi connectivity index (χ1) is 18.1. The van der Waals surface area contributed by atoms with Crippen molar-refractivity contribution in [2.45, 2.75) is 5.22 Å². The molecule has 5 rings (SSSR count). The Balaban J connectivity index is 1.09. The molecule has 3 aromatic carbocycles. The van der Waals surface area contributed by atoms with E-state index in [0.29, 0.717) is 43.0 Å². The largest absolute Gasteiger partial charge is 0.411 e. The average molecular weight is 518 g/mol. The first-order valence-corrected chi connectivity index (χ1v) is 12.8. The lowest BCUT2D eigenvalue weighted by atomic mass is 10.1. The van der Waals surface area contributed by atoms with E-state index in [0.717, 1.165) is 11.3 Å². The van der Waals surface area contributed by atoms with Gasteiger partial charge >= 0.3 is 0 Å². The molecule has 0 unspecified atom stereocenters. The van der Waals surface area contributed by atoms with Crippen LogP contribution in [0.2, 0.25) is 0 Å². The lowest BCUT2D eigenvalue weighted by Crippen LogP contribution is -2.49. The summed E-state index contributed by atoms with van der Waals surface area (Å²) in [7, 11) is 0. The van der Waals surface area contributed by atoms with Crippen LogP contribution in [-0.4, -0.2) is 58.8 Å². The van der Waals surface area contributed by atoms with Gasteiger partial charge in [0.1, 0.15) is 5.82 Å². The number of carbonyl (C=O) groups excluding carboxylic acids is 2. The van der Waals surface area contributed by atoms with Gasteiger partial charge in [-0.1, -0.05) is 42.1 Å². The van der Waals surface area contributed by atoms with Crippen LogP contribution < -0.4 is 10.2 Å². The molecule has 0 spiro atoms. The third-order valence-corrected chi connectivity index (χ3v) is 6.76. The van der Waals surface area contributed by atoms with E-state index in [1.165, 1.54) is 23.9 Å². The summed E-state index contributed by atoms with van der Waals surface area (Å²) in [6.45, 7) is 2.28. The quantitative estimate of drug-likeness (QED) is 0.359. The molecule has 1 saturated heterocycles. The Morgan fingerprint density at radius 3 is 2.32 bits per heavy atom. The zero-order valence-electron chi connectivity index (χ0n) is 19.8. The lowest BCUT2D eigenvalue weighted by molar-refractivity contribution is -0.113. The monoisotopic (exact) mass is 517 g/mol. The maximum Gasteiger partial charge on any atom is 0.277 e. The van der Waals surface area contributed by atoms with Gasteiger partial charge in [-0.25, -0.2) is 4.39 Å². The standard InChI is InChI=1S/C27H24FN5O3S/c28-23-9-5-4-8-22(23)26(35)33-16-14-32(15-17-33)21-12-10-20(11-13-21)29-24(34)18-37-27-31-30-25(36-27)19-6-2-1-3-7-19/h1-13H,14-18H2,(H,29,34). The van der Waals surface area contributed by atoms with Crippen LogP contribution in [0.5, 0.6) is 0 Å². The first-order valence-electron chi connectivity index (χ1n) is 11.8. The number of benzene rings is 3. The molecule has 1 aromatic heterocycles. The predicted molar refractivity (Wildman–Crippen MR) is 140 cm³/mol. The molecule has 2 heterocycles. The van der Waals surface area contributed by atoms with Gasteiger partial charge in [-0.05, 0) is 48.5 Å². The Bertz CT molecular complexity index is 1370. The maximum absolute atomic E-state index is 14.0. The number of rotatable bonds is 7. The van der Waals surface area contributed by atoms with E-state index in [4.69, 9.17) is 4.42 Å². The summed E-state index contributed by atoms with van der Waals surface area (Å²) >= 11 is 1.17. The van der Waals surface area contributed by atoms with Gasteiger partial charge in [-0.3, -0.25) is 9.59 Å². The van der Waals surface area contributed by atoms with Gasteiger partial charge in [-0.15, -0.1) is 10.2 Å². The molecule has 0 aliphatic carbocycles. The third kappa shape index (κ3) is 5.97. The van der Waals surface area contributed by atoms with Crippen LogP contribution in [0.15, 0.2) is 88.5 Å². The predicted octanol–water partition coefficient (Wildman–Crippen LogP) is 4.57. The van der Waals surface area contributed by atoms with Crippen molar-refractivity contribution in [2.24, 2.45) is 0 Å². The lowest BCUT2D eigenvalue weighted by Gasteiger charge is -2.36. The molecule has 0 atom stereocenters. The second-order valence-corrected chi connectivity index (χ2v) is 9.31. The summed E-state index contributed by atoms with van der Waals surface area (Å²) in [4.78, 5) is 28.9. The van der Waals surface area contributed by atoms with E-state index in [9.17, 15) is 14.0 Å². The van der Waals surface area contributed by atoms with Crippen LogP contribution in [0.25, 0.3) is 11.5 Å². The summed E-state index contributed by atoms with van der Waals surface area (Å²) in [6.07, 6.45) is 0. The Morgan fingerprint density at radius 1 is 0.892 bits per heavy atom. The van der Waals surface area contributed by atoms with Crippen molar-refractivity contribution in [3.05, 3.63) is 90.2 Å². The molecule has 1 aliphatic heterocycles. The van der Waals surface area contributed by atoms with E-state index in [1.807, 2.05) is 54.6 Å². The van der Waals surface area contributed by atoms with Gasteiger partial charge < -0.3 is 19.5 Å². The van der Waals surface area contributed by atoms with E-state index in [2.05, 4.69) is 20.4 Å². The number of hydrogen-bond donors (Lipinski definition) is 1. The van der Waals surface area contributed by atoms with E-state index in [-0.39, 0.29) is 23.1 Å². The van der Waals surface area contributed by atoms with Gasteiger partial charge in [-0.2, -0.15) is 0 Å². The topological polar surface area (TPSA) is 91.6 Å². The van der Waals surface area contributed by atoms with Gasteiger partial charge in [0.05, 0.1) is 11.3 Å². The smallest absolute Gasteiger partial charge is 0.277 e. The van der Waals surface area contributed by atoms with Gasteiger partial charge in [0.15, 0.2) is 0 Å². The molecule has 2 amide bonds. The van der Waals surface area contributed by atoms with Crippen LogP contribution in [0, 0.1) is 5.82 Å². The van der Waals surface area contributed by atoms with Gasteiger partial charge in [0, 0.05) is 43.1 Å². The minimum absolute atomic E-state index is 0.102. The molecule has 10 heteroatoms. The molecular weight excluding hydrogens is 493 g/mol. The molecule has 0 saturated carbocycles. The Labute approximate surface area is 217 Å². The van der Waals surface area contributed by atoms with Crippen LogP contribution >= 0.6 is 11.8 Å². The Hall–Kier alpha value is -4.18. The zero-order chi connectivity index (χ0) is 25.6. The van der Waals surface area contributed by atoms with Crippen molar-refractivity contribution in [1.29, 1.82) is 0 Å². The highest BCUT2D eigenvalue weighted by molar-refractivity contribution is 7.99. The minimum atomic E-state index is -0.500. The van der Waals surface area contributed by atoms with Crippen molar-refractivity contribution in [1.82, 2.24) is 15.1 Å². The average Bonchev–Trinajstić information content (AvgIpc) is 3.42. The summed E-state index contributed by atoms with van der Waals surface area (Å²) in [5, 5.41) is 11.2. The molecule has 0 radical (unpaired) electrons. The van der Waals surface area contributed by atoms with Crippen molar-refractivity contribution in [3.63, 3.8) is 0 Å². The summed E-state index contributed by atoms with van der Waals surface area (Å²) < 4.78 is 19.6. The number of piperazine rings is 1. The second-order valence-electron chi connectivity index (χ2n) is 8.38. The summed E-state index contributed by atoms with van der Waals surface area (Å²) in [5.74, 6) is -0.421. The van der Waals surface area contributed by atoms with E-state index >= 15 is 0 Å². The van der Waals surface area contributed by atoms with Crippen molar-refractivity contribution in [3.8, 4) is 11.5 Å². The Morgan fingerprint density at radius 2 is 1.59 bits per heavy atom. The highest BCUT2D eigenvalue weighted by atomic mass is 32.2. The summed E-state index contributed by atoms with van der Waals surface area (Å²) in [6, 6.07) is 23.0. The van der Waals surface area contributed by atoms with Crippen LogP contribution in [0.3, 0.4) is 0 Å². The molecule has 0 bridgehead atoms. The van der Waals surface area contributed by atoms with Crippen molar-refractivity contribution >= 4 is 35.0 Å². The molecule has 1 aliphatic rings. The van der Waals surface area contributed by atoms with Crippen molar-refractivity contribution < 1.29 is 18.4 Å². The number of anilines is 2. The van der Waals surface area contributed by atoms with Gasteiger partial charge in [0.2, 0.25) is 11.8 Å². The molecule has 8 nitrogen and oxygen atoms in total. The Kier molecular flexibility index (Phi) is 7.46. The number of halogens is 1.